The van der Waals surface area contributed by atoms with Crippen molar-refractivity contribution < 1.29 is 0 Å². The van der Waals surface area contributed by atoms with Gasteiger partial charge in [-0.3, -0.25) is 0 Å². The predicted molar refractivity (Wildman–Crippen MR) is 75.0 cm³/mol. The van der Waals surface area contributed by atoms with Crippen LogP contribution in [0.25, 0.3) is 0 Å². The van der Waals surface area contributed by atoms with E-state index in [4.69, 9.17) is 11.0 Å². The Morgan fingerprint density at radius 2 is 1.89 bits per heavy atom. The summed E-state index contributed by atoms with van der Waals surface area (Å²) in [5, 5.41) is 14.7. The fraction of sp³-hybridized carbons (Fsp3) is 0.154. The maximum absolute atomic E-state index is 8.61. The van der Waals surface area contributed by atoms with Crippen LogP contribution in [0, 0.1) is 11.3 Å². The van der Waals surface area contributed by atoms with Crippen LogP contribution in [0.2, 0.25) is 0 Å². The zero-order valence-corrected chi connectivity index (χ0v) is 10.5. The van der Waals surface area contributed by atoms with Crippen LogP contribution < -0.4 is 16.4 Å². The van der Waals surface area contributed by atoms with E-state index >= 15 is 0 Å². The Morgan fingerprint density at radius 3 is 2.53 bits per heavy atom. The Kier molecular flexibility index (Phi) is 3.78. The number of hydrogen-bond donors (Lipinski definition) is 3. The van der Waals surface area contributed by atoms with Crippen molar-refractivity contribution in [3.63, 3.8) is 0 Å². The molecule has 19 heavy (non-hydrogen) atoms. The summed E-state index contributed by atoms with van der Waals surface area (Å²) in [6.45, 7) is 0. The van der Waals surface area contributed by atoms with Gasteiger partial charge in [0.1, 0.15) is 11.6 Å². The maximum atomic E-state index is 8.61. The van der Waals surface area contributed by atoms with Gasteiger partial charge in [-0.15, -0.1) is 0 Å². The zero-order valence-electron chi connectivity index (χ0n) is 10.5. The molecule has 0 saturated heterocycles. The minimum Gasteiger partial charge on any atom is -0.373 e. The second kappa shape index (κ2) is 5.69. The predicted octanol–water partition coefficient (Wildman–Crippen LogP) is 1.91. The molecule has 1 heterocycles. The first-order chi connectivity index (χ1) is 9.21. The summed E-state index contributed by atoms with van der Waals surface area (Å²) in [7, 11) is 1.77. The van der Waals surface area contributed by atoms with Crippen LogP contribution in [-0.2, 0) is 6.42 Å². The van der Waals surface area contributed by atoms with E-state index in [0.29, 0.717) is 18.1 Å². The van der Waals surface area contributed by atoms with E-state index in [0.717, 1.165) is 11.3 Å². The lowest BCUT2D eigenvalue weighted by Gasteiger charge is -2.08. The van der Waals surface area contributed by atoms with Crippen LogP contribution >= 0.6 is 0 Å². The minimum atomic E-state index is 0.204. The van der Waals surface area contributed by atoms with Crippen molar-refractivity contribution in [1.29, 1.82) is 5.26 Å². The molecule has 96 valence electrons. The van der Waals surface area contributed by atoms with Gasteiger partial charge in [-0.05, 0) is 17.7 Å². The van der Waals surface area contributed by atoms with Crippen LogP contribution in [0.3, 0.4) is 0 Å². The number of nitrogens with two attached hydrogens (primary N) is 1. The Hall–Kier alpha value is -2.81. The lowest BCUT2D eigenvalue weighted by Crippen LogP contribution is -2.03. The van der Waals surface area contributed by atoms with Crippen molar-refractivity contribution >= 4 is 23.3 Å². The summed E-state index contributed by atoms with van der Waals surface area (Å²) in [5.74, 6) is 1.47. The third-order valence-corrected chi connectivity index (χ3v) is 2.51. The summed E-state index contributed by atoms with van der Waals surface area (Å²) < 4.78 is 0. The first-order valence-electron chi connectivity index (χ1n) is 5.76. The van der Waals surface area contributed by atoms with Crippen molar-refractivity contribution in [2.45, 2.75) is 6.42 Å². The van der Waals surface area contributed by atoms with Gasteiger partial charge in [-0.25, -0.2) is 0 Å². The fourth-order valence-electron chi connectivity index (χ4n) is 1.60. The van der Waals surface area contributed by atoms with Crippen molar-refractivity contribution in [2.75, 3.05) is 23.4 Å². The molecule has 2 aromatic rings. The first kappa shape index (κ1) is 12.6. The highest BCUT2D eigenvalue weighted by atomic mass is 15.1. The van der Waals surface area contributed by atoms with Crippen LogP contribution in [-0.4, -0.2) is 17.0 Å². The topological polar surface area (TPSA) is 99.6 Å². The number of rotatable bonds is 4. The number of nitriles is 1. The molecule has 0 aliphatic carbocycles. The van der Waals surface area contributed by atoms with E-state index in [1.165, 1.54) is 0 Å². The highest BCUT2D eigenvalue weighted by Crippen LogP contribution is 2.18. The monoisotopic (exact) mass is 254 g/mol. The van der Waals surface area contributed by atoms with Gasteiger partial charge in [-0.2, -0.15) is 15.2 Å². The molecule has 2 rings (SSSR count). The van der Waals surface area contributed by atoms with Gasteiger partial charge in [0.15, 0.2) is 0 Å². The van der Waals surface area contributed by atoms with Crippen molar-refractivity contribution in [1.82, 2.24) is 9.97 Å². The molecule has 6 nitrogen and oxygen atoms in total. The lowest BCUT2D eigenvalue weighted by molar-refractivity contribution is 1.17. The van der Waals surface area contributed by atoms with Crippen LogP contribution in [0.5, 0.6) is 0 Å². The molecule has 0 radical (unpaired) electrons. The second-order valence-electron chi connectivity index (χ2n) is 3.90. The van der Waals surface area contributed by atoms with Gasteiger partial charge in [0.05, 0.1) is 12.5 Å². The standard InChI is InChI=1S/C13H14N6/c1-16-11-8-12(19-13(15)18-11)17-10-4-2-9(3-5-10)6-7-14/h2-5,8H,6H2,1H3,(H4,15,16,17,18,19). The van der Waals surface area contributed by atoms with Gasteiger partial charge < -0.3 is 16.4 Å². The van der Waals surface area contributed by atoms with E-state index in [-0.39, 0.29) is 5.95 Å². The van der Waals surface area contributed by atoms with Crippen LogP contribution in [0.15, 0.2) is 30.3 Å². The maximum Gasteiger partial charge on any atom is 0.223 e. The van der Waals surface area contributed by atoms with Crippen LogP contribution in [0.1, 0.15) is 5.56 Å². The molecule has 0 aliphatic heterocycles. The summed E-state index contributed by atoms with van der Waals surface area (Å²) in [4.78, 5) is 8.11. The molecule has 0 unspecified atom stereocenters. The Morgan fingerprint density at radius 1 is 1.21 bits per heavy atom. The SMILES string of the molecule is CNc1cc(Nc2ccc(CC#N)cc2)nc(N)n1. The molecule has 0 atom stereocenters. The summed E-state index contributed by atoms with van der Waals surface area (Å²) in [6.07, 6.45) is 0.407. The molecule has 0 bridgehead atoms. The number of hydrogen-bond acceptors (Lipinski definition) is 6. The summed E-state index contributed by atoms with van der Waals surface area (Å²) >= 11 is 0. The molecule has 1 aromatic carbocycles. The molecular weight excluding hydrogens is 240 g/mol. The number of aromatic nitrogens is 2. The van der Waals surface area contributed by atoms with E-state index in [9.17, 15) is 0 Å². The third-order valence-electron chi connectivity index (χ3n) is 2.51. The Labute approximate surface area is 111 Å². The number of nitrogens with zero attached hydrogens (tertiary/aromatic N) is 3. The van der Waals surface area contributed by atoms with Gasteiger partial charge in [0, 0.05) is 18.8 Å². The molecule has 0 spiro atoms. The minimum absolute atomic E-state index is 0.204. The zero-order chi connectivity index (χ0) is 13.7. The molecule has 0 amide bonds. The fourth-order valence-corrected chi connectivity index (χ4v) is 1.60. The third kappa shape index (κ3) is 3.33. The summed E-state index contributed by atoms with van der Waals surface area (Å²) in [6, 6.07) is 11.5. The van der Waals surface area contributed by atoms with Gasteiger partial charge >= 0.3 is 0 Å². The molecular formula is C13H14N6. The number of benzene rings is 1. The number of anilines is 4. The number of nitrogens with one attached hydrogen (secondary N) is 2. The molecule has 0 fully saturated rings. The Bertz CT molecular complexity index is 600. The summed E-state index contributed by atoms with van der Waals surface area (Å²) in [5.41, 5.74) is 7.47. The van der Waals surface area contributed by atoms with E-state index in [1.807, 2.05) is 24.3 Å². The number of nitrogen functional groups attached to an aromatic ring is 1. The van der Waals surface area contributed by atoms with Crippen LogP contribution in [0.4, 0.5) is 23.3 Å². The average molecular weight is 254 g/mol. The van der Waals surface area contributed by atoms with Gasteiger partial charge in [-0.1, -0.05) is 12.1 Å². The highest BCUT2D eigenvalue weighted by molar-refractivity contribution is 5.60. The lowest BCUT2D eigenvalue weighted by atomic mass is 10.1. The molecule has 6 heteroatoms. The van der Waals surface area contributed by atoms with Crippen molar-refractivity contribution in [3.05, 3.63) is 35.9 Å². The molecule has 4 N–H and O–H groups in total. The van der Waals surface area contributed by atoms with E-state index in [2.05, 4.69) is 26.7 Å². The largest absolute Gasteiger partial charge is 0.373 e. The average Bonchev–Trinajstić information content (AvgIpc) is 2.40. The smallest absolute Gasteiger partial charge is 0.223 e. The molecule has 1 aromatic heterocycles. The first-order valence-corrected chi connectivity index (χ1v) is 5.76. The molecule has 0 aliphatic rings. The van der Waals surface area contributed by atoms with Crippen molar-refractivity contribution in [2.24, 2.45) is 0 Å². The van der Waals surface area contributed by atoms with E-state index < -0.39 is 0 Å². The molecule has 0 saturated carbocycles. The quantitative estimate of drug-likeness (QED) is 0.770. The highest BCUT2D eigenvalue weighted by Gasteiger charge is 2.02. The van der Waals surface area contributed by atoms with Gasteiger partial charge in [0.25, 0.3) is 0 Å². The van der Waals surface area contributed by atoms with E-state index in [1.54, 1.807) is 13.1 Å². The van der Waals surface area contributed by atoms with Crippen molar-refractivity contribution in [3.8, 4) is 6.07 Å². The Balaban J connectivity index is 2.16. The second-order valence-corrected chi connectivity index (χ2v) is 3.90. The normalized spacial score (nSPS) is 9.68. The van der Waals surface area contributed by atoms with Gasteiger partial charge in [0.2, 0.25) is 5.95 Å².